The van der Waals surface area contributed by atoms with E-state index in [0.29, 0.717) is 45.7 Å². The number of halogens is 4. The van der Waals surface area contributed by atoms with Gasteiger partial charge >= 0.3 is 6.09 Å². The van der Waals surface area contributed by atoms with E-state index >= 15 is 0 Å². The van der Waals surface area contributed by atoms with Crippen LogP contribution in [0.5, 0.6) is 5.75 Å². The van der Waals surface area contributed by atoms with Crippen LogP contribution in [0.1, 0.15) is 19.4 Å². The van der Waals surface area contributed by atoms with Gasteiger partial charge in [0, 0.05) is 46.3 Å². The van der Waals surface area contributed by atoms with Crippen molar-refractivity contribution in [2.45, 2.75) is 20.4 Å². The Bertz CT molecular complexity index is 1350. The standard InChI is InChI=1S/C26H22ClF3N2O2/c1-3-31(4-2)26(33)34-24-11-10-23-17(25(24)16-8-9-21(29)22(30)14-16)12-13-32(23)15-18-19(27)6-5-7-20(18)28/h5-14H,3-4,15H2,1-2H3. The molecule has 0 radical (unpaired) electrons. The number of benzene rings is 3. The molecule has 0 saturated heterocycles. The van der Waals surface area contributed by atoms with Gasteiger partial charge in [-0.15, -0.1) is 0 Å². The number of fused-ring (bicyclic) bond motifs is 1. The Balaban J connectivity index is 1.86. The number of rotatable bonds is 6. The molecular formula is C26H22ClF3N2O2. The third-order valence-corrected chi connectivity index (χ3v) is 6.09. The molecule has 4 aromatic rings. The normalized spacial score (nSPS) is 11.1. The van der Waals surface area contributed by atoms with Crippen LogP contribution in [0.4, 0.5) is 18.0 Å². The maximum Gasteiger partial charge on any atom is 0.415 e. The van der Waals surface area contributed by atoms with E-state index in [1.165, 1.54) is 23.1 Å². The fraction of sp³-hybridized carbons (Fsp3) is 0.192. The zero-order chi connectivity index (χ0) is 24.4. The summed E-state index contributed by atoms with van der Waals surface area (Å²) in [7, 11) is 0. The highest BCUT2D eigenvalue weighted by molar-refractivity contribution is 6.31. The minimum Gasteiger partial charge on any atom is -0.410 e. The van der Waals surface area contributed by atoms with E-state index in [1.54, 1.807) is 35.0 Å². The van der Waals surface area contributed by atoms with Crippen molar-refractivity contribution in [2.75, 3.05) is 13.1 Å². The minimum absolute atomic E-state index is 0.158. The number of carbonyl (C=O) groups excluding carboxylic acids is 1. The number of carbonyl (C=O) groups is 1. The topological polar surface area (TPSA) is 34.5 Å². The minimum atomic E-state index is -1.02. The van der Waals surface area contributed by atoms with Gasteiger partial charge in [-0.2, -0.15) is 0 Å². The van der Waals surface area contributed by atoms with Gasteiger partial charge in [0.15, 0.2) is 11.6 Å². The maximum absolute atomic E-state index is 14.4. The summed E-state index contributed by atoms with van der Waals surface area (Å²) in [5, 5.41) is 0.927. The number of ether oxygens (including phenoxy) is 1. The van der Waals surface area contributed by atoms with Gasteiger partial charge in [0.25, 0.3) is 0 Å². The molecule has 0 unspecified atom stereocenters. The summed E-state index contributed by atoms with van der Waals surface area (Å²) in [6.07, 6.45) is 1.19. The molecule has 0 aliphatic heterocycles. The van der Waals surface area contributed by atoms with Crippen LogP contribution in [-0.2, 0) is 6.54 Å². The van der Waals surface area contributed by atoms with Crippen LogP contribution in [0.2, 0.25) is 5.02 Å². The molecule has 0 aliphatic carbocycles. The summed E-state index contributed by atoms with van der Waals surface area (Å²) >= 11 is 6.20. The molecular weight excluding hydrogens is 465 g/mol. The molecule has 0 atom stereocenters. The molecule has 1 amide bonds. The molecule has 1 aromatic heterocycles. The smallest absolute Gasteiger partial charge is 0.410 e. The first-order valence-electron chi connectivity index (χ1n) is 10.8. The summed E-state index contributed by atoms with van der Waals surface area (Å²) in [6.45, 7) is 4.73. The van der Waals surface area contributed by atoms with E-state index < -0.39 is 23.5 Å². The molecule has 4 rings (SSSR count). The van der Waals surface area contributed by atoms with E-state index in [1.807, 2.05) is 13.8 Å². The largest absolute Gasteiger partial charge is 0.415 e. The second-order valence-corrected chi connectivity index (χ2v) is 8.09. The van der Waals surface area contributed by atoms with Crippen LogP contribution in [-0.4, -0.2) is 28.6 Å². The third-order valence-electron chi connectivity index (χ3n) is 5.73. The molecule has 8 heteroatoms. The van der Waals surface area contributed by atoms with Crippen molar-refractivity contribution in [1.29, 1.82) is 0 Å². The third kappa shape index (κ3) is 4.48. The maximum atomic E-state index is 14.4. The van der Waals surface area contributed by atoms with Crippen molar-refractivity contribution in [3.8, 4) is 16.9 Å². The Morgan fingerprint density at radius 2 is 1.74 bits per heavy atom. The molecule has 0 aliphatic rings. The summed E-state index contributed by atoms with van der Waals surface area (Å²) in [6, 6.07) is 13.1. The molecule has 34 heavy (non-hydrogen) atoms. The van der Waals surface area contributed by atoms with Gasteiger partial charge in [-0.1, -0.05) is 23.7 Å². The Kier molecular flexibility index (Phi) is 6.84. The van der Waals surface area contributed by atoms with Crippen LogP contribution in [0.25, 0.3) is 22.0 Å². The highest BCUT2D eigenvalue weighted by atomic mass is 35.5. The molecule has 0 bridgehead atoms. The fourth-order valence-electron chi connectivity index (χ4n) is 3.92. The lowest BCUT2D eigenvalue weighted by molar-refractivity contribution is 0.157. The highest BCUT2D eigenvalue weighted by Gasteiger charge is 2.20. The van der Waals surface area contributed by atoms with E-state index in [2.05, 4.69) is 0 Å². The summed E-state index contributed by atoms with van der Waals surface area (Å²) in [4.78, 5) is 14.1. The highest BCUT2D eigenvalue weighted by Crippen LogP contribution is 2.39. The first-order valence-corrected chi connectivity index (χ1v) is 11.2. The number of amides is 1. The first kappa shape index (κ1) is 23.7. The predicted octanol–water partition coefficient (Wildman–Crippen LogP) is 7.27. The van der Waals surface area contributed by atoms with Gasteiger partial charge in [-0.3, -0.25) is 0 Å². The van der Waals surface area contributed by atoms with Gasteiger partial charge in [0.05, 0.1) is 6.54 Å². The predicted molar refractivity (Wildman–Crippen MR) is 127 cm³/mol. The first-order chi connectivity index (χ1) is 16.3. The summed E-state index contributed by atoms with van der Waals surface area (Å²) in [5.74, 6) is -2.23. The van der Waals surface area contributed by atoms with Gasteiger partial charge < -0.3 is 14.2 Å². The van der Waals surface area contributed by atoms with Gasteiger partial charge in [0.1, 0.15) is 11.6 Å². The quantitative estimate of drug-likeness (QED) is 0.287. The van der Waals surface area contributed by atoms with Crippen LogP contribution in [0.15, 0.2) is 60.8 Å². The number of nitrogens with zero attached hydrogens (tertiary/aromatic N) is 2. The molecule has 176 valence electrons. The number of aromatic nitrogens is 1. The fourth-order valence-corrected chi connectivity index (χ4v) is 4.14. The average molecular weight is 487 g/mol. The molecule has 1 heterocycles. The van der Waals surface area contributed by atoms with Crippen molar-refractivity contribution < 1.29 is 22.7 Å². The van der Waals surface area contributed by atoms with Crippen molar-refractivity contribution >= 4 is 28.6 Å². The monoisotopic (exact) mass is 486 g/mol. The lowest BCUT2D eigenvalue weighted by Crippen LogP contribution is -2.33. The van der Waals surface area contributed by atoms with E-state index in [4.69, 9.17) is 16.3 Å². The Hall–Kier alpha value is -3.45. The molecule has 0 saturated carbocycles. The van der Waals surface area contributed by atoms with E-state index in [0.717, 1.165) is 12.1 Å². The van der Waals surface area contributed by atoms with E-state index in [-0.39, 0.29) is 12.3 Å². The molecule has 0 fully saturated rings. The Labute approximate surface area is 200 Å². The van der Waals surface area contributed by atoms with Crippen molar-refractivity contribution in [3.05, 3.63) is 88.8 Å². The summed E-state index contributed by atoms with van der Waals surface area (Å²) in [5.41, 5.74) is 1.78. The van der Waals surface area contributed by atoms with Crippen LogP contribution < -0.4 is 4.74 Å². The van der Waals surface area contributed by atoms with Gasteiger partial charge in [-0.05, 0) is 61.9 Å². The average Bonchev–Trinajstić information content (AvgIpc) is 3.22. The van der Waals surface area contributed by atoms with Crippen LogP contribution in [0, 0.1) is 17.5 Å². The van der Waals surface area contributed by atoms with Gasteiger partial charge in [-0.25, -0.2) is 18.0 Å². The van der Waals surface area contributed by atoms with Crippen molar-refractivity contribution in [1.82, 2.24) is 9.47 Å². The van der Waals surface area contributed by atoms with E-state index in [9.17, 15) is 18.0 Å². The second kappa shape index (κ2) is 9.81. The SMILES string of the molecule is CCN(CC)C(=O)Oc1ccc2c(ccn2Cc2c(F)cccc2Cl)c1-c1ccc(F)c(F)c1. The van der Waals surface area contributed by atoms with Gasteiger partial charge in [0.2, 0.25) is 0 Å². The molecule has 0 spiro atoms. The lowest BCUT2D eigenvalue weighted by atomic mass is 10.00. The molecule has 0 N–H and O–H groups in total. The van der Waals surface area contributed by atoms with Crippen LogP contribution >= 0.6 is 11.6 Å². The zero-order valence-electron chi connectivity index (χ0n) is 18.6. The Morgan fingerprint density at radius 1 is 0.971 bits per heavy atom. The number of hydrogen-bond acceptors (Lipinski definition) is 2. The zero-order valence-corrected chi connectivity index (χ0v) is 19.4. The lowest BCUT2D eigenvalue weighted by Gasteiger charge is -2.20. The van der Waals surface area contributed by atoms with Crippen molar-refractivity contribution in [2.24, 2.45) is 0 Å². The number of hydrogen-bond donors (Lipinski definition) is 0. The van der Waals surface area contributed by atoms with Crippen molar-refractivity contribution in [3.63, 3.8) is 0 Å². The summed E-state index contributed by atoms with van der Waals surface area (Å²) < 4.78 is 49.6. The second-order valence-electron chi connectivity index (χ2n) is 7.68. The Morgan fingerprint density at radius 3 is 2.41 bits per heavy atom. The van der Waals surface area contributed by atoms with Crippen LogP contribution in [0.3, 0.4) is 0 Å². The molecule has 3 aromatic carbocycles. The molecule has 4 nitrogen and oxygen atoms in total.